The number of hydrogen-bond donors (Lipinski definition) is 1. The standard InChI is InChI=1S/C9H10N4S2/c1-5-3-4-11-8(7(5)10)15-9-13-12-6(2)14-9/h3-4H,10H2,1-2H3. The molecular weight excluding hydrogens is 228 g/mol. The van der Waals surface area contributed by atoms with E-state index in [2.05, 4.69) is 15.2 Å². The topological polar surface area (TPSA) is 64.7 Å². The summed E-state index contributed by atoms with van der Waals surface area (Å²) in [5.41, 5.74) is 7.66. The molecular formula is C9H10N4S2. The van der Waals surface area contributed by atoms with Crippen LogP contribution in [0.1, 0.15) is 10.6 Å². The molecule has 0 spiro atoms. The Bertz CT molecular complexity index is 481. The van der Waals surface area contributed by atoms with Crippen LogP contribution < -0.4 is 5.73 Å². The average Bonchev–Trinajstić information content (AvgIpc) is 2.59. The number of aryl methyl sites for hydroxylation is 2. The smallest absolute Gasteiger partial charge is 0.180 e. The zero-order valence-electron chi connectivity index (χ0n) is 8.39. The van der Waals surface area contributed by atoms with Gasteiger partial charge in [-0.15, -0.1) is 10.2 Å². The Hall–Kier alpha value is -1.14. The van der Waals surface area contributed by atoms with Crippen molar-refractivity contribution in [2.45, 2.75) is 23.2 Å². The Balaban J connectivity index is 2.28. The highest BCUT2D eigenvalue weighted by Gasteiger charge is 2.08. The van der Waals surface area contributed by atoms with Gasteiger partial charge in [0, 0.05) is 6.20 Å². The molecule has 0 saturated heterocycles. The van der Waals surface area contributed by atoms with Crippen LogP contribution in [0, 0.1) is 13.8 Å². The Morgan fingerprint density at radius 1 is 1.33 bits per heavy atom. The predicted molar refractivity (Wildman–Crippen MR) is 62.2 cm³/mol. The van der Waals surface area contributed by atoms with Gasteiger partial charge in [-0.2, -0.15) is 0 Å². The maximum Gasteiger partial charge on any atom is 0.180 e. The molecule has 0 bridgehead atoms. The van der Waals surface area contributed by atoms with Gasteiger partial charge in [-0.3, -0.25) is 0 Å². The maximum atomic E-state index is 5.91. The van der Waals surface area contributed by atoms with E-state index >= 15 is 0 Å². The van der Waals surface area contributed by atoms with E-state index in [4.69, 9.17) is 5.73 Å². The van der Waals surface area contributed by atoms with Crippen molar-refractivity contribution in [2.75, 3.05) is 5.73 Å². The minimum atomic E-state index is 0.718. The van der Waals surface area contributed by atoms with Gasteiger partial charge in [0.25, 0.3) is 0 Å². The largest absolute Gasteiger partial charge is 0.396 e. The molecule has 2 aromatic heterocycles. The molecule has 2 N–H and O–H groups in total. The molecule has 0 aliphatic carbocycles. The van der Waals surface area contributed by atoms with Gasteiger partial charge in [-0.05, 0) is 37.2 Å². The Labute approximate surface area is 95.9 Å². The highest BCUT2D eigenvalue weighted by atomic mass is 32.2. The third-order valence-corrected chi connectivity index (χ3v) is 3.77. The summed E-state index contributed by atoms with van der Waals surface area (Å²) < 4.78 is 0.873. The lowest BCUT2D eigenvalue weighted by atomic mass is 10.3. The second-order valence-corrected chi connectivity index (χ2v) is 5.45. The fourth-order valence-electron chi connectivity index (χ4n) is 1.03. The van der Waals surface area contributed by atoms with Crippen molar-refractivity contribution < 1.29 is 0 Å². The lowest BCUT2D eigenvalue weighted by Gasteiger charge is -2.03. The lowest BCUT2D eigenvalue weighted by molar-refractivity contribution is 0.980. The molecule has 0 unspecified atom stereocenters. The van der Waals surface area contributed by atoms with E-state index in [1.54, 1.807) is 17.5 Å². The molecule has 0 radical (unpaired) electrons. The summed E-state index contributed by atoms with van der Waals surface area (Å²) in [6.45, 7) is 3.89. The molecule has 4 nitrogen and oxygen atoms in total. The summed E-state index contributed by atoms with van der Waals surface area (Å²) in [6, 6.07) is 1.89. The second kappa shape index (κ2) is 4.16. The van der Waals surface area contributed by atoms with Crippen LogP contribution in [0.4, 0.5) is 5.69 Å². The fraction of sp³-hybridized carbons (Fsp3) is 0.222. The number of pyridine rings is 1. The van der Waals surface area contributed by atoms with E-state index in [0.717, 1.165) is 25.6 Å². The molecule has 6 heteroatoms. The first-order valence-corrected chi connectivity index (χ1v) is 5.99. The normalized spacial score (nSPS) is 10.5. The second-order valence-electron chi connectivity index (χ2n) is 3.04. The third-order valence-electron chi connectivity index (χ3n) is 1.86. The average molecular weight is 238 g/mol. The van der Waals surface area contributed by atoms with Crippen molar-refractivity contribution in [3.63, 3.8) is 0 Å². The van der Waals surface area contributed by atoms with Crippen LogP contribution in [0.15, 0.2) is 21.6 Å². The van der Waals surface area contributed by atoms with Gasteiger partial charge in [-0.1, -0.05) is 11.3 Å². The van der Waals surface area contributed by atoms with Crippen LogP contribution in [0.2, 0.25) is 0 Å². The van der Waals surface area contributed by atoms with E-state index in [0.29, 0.717) is 0 Å². The third kappa shape index (κ3) is 2.27. The number of nitrogen functional groups attached to an aromatic ring is 1. The molecule has 2 aromatic rings. The minimum Gasteiger partial charge on any atom is -0.396 e. The van der Waals surface area contributed by atoms with Gasteiger partial charge in [0.05, 0.1) is 5.69 Å². The molecule has 0 atom stereocenters. The van der Waals surface area contributed by atoms with Gasteiger partial charge in [0.15, 0.2) is 4.34 Å². The highest BCUT2D eigenvalue weighted by Crippen LogP contribution is 2.32. The van der Waals surface area contributed by atoms with Crippen molar-refractivity contribution in [2.24, 2.45) is 0 Å². The molecule has 15 heavy (non-hydrogen) atoms. The summed E-state index contributed by atoms with van der Waals surface area (Å²) in [6.07, 6.45) is 1.75. The molecule has 2 heterocycles. The van der Waals surface area contributed by atoms with Crippen LogP contribution in [0.3, 0.4) is 0 Å². The number of rotatable bonds is 2. The van der Waals surface area contributed by atoms with Crippen LogP contribution in [0.25, 0.3) is 0 Å². The monoisotopic (exact) mass is 238 g/mol. The Morgan fingerprint density at radius 3 is 2.80 bits per heavy atom. The first kappa shape index (κ1) is 10.4. The predicted octanol–water partition coefficient (Wildman–Crippen LogP) is 2.28. The quantitative estimate of drug-likeness (QED) is 0.869. The summed E-state index contributed by atoms with van der Waals surface area (Å²) in [4.78, 5) is 4.22. The van der Waals surface area contributed by atoms with Crippen LogP contribution >= 0.6 is 23.1 Å². The van der Waals surface area contributed by atoms with Gasteiger partial charge >= 0.3 is 0 Å². The molecule has 0 amide bonds. The first-order chi connectivity index (χ1) is 7.16. The molecule has 0 aliphatic rings. The van der Waals surface area contributed by atoms with Crippen LogP contribution in [-0.4, -0.2) is 15.2 Å². The van der Waals surface area contributed by atoms with E-state index in [1.807, 2.05) is 19.9 Å². The van der Waals surface area contributed by atoms with Crippen molar-refractivity contribution in [3.05, 3.63) is 22.8 Å². The number of hydrogen-bond acceptors (Lipinski definition) is 6. The summed E-state index contributed by atoms with van der Waals surface area (Å²) in [5, 5.41) is 9.71. The first-order valence-electron chi connectivity index (χ1n) is 4.36. The molecule has 2 rings (SSSR count). The van der Waals surface area contributed by atoms with Gasteiger partial charge in [0.2, 0.25) is 0 Å². The minimum absolute atomic E-state index is 0.718. The number of anilines is 1. The Morgan fingerprint density at radius 2 is 2.13 bits per heavy atom. The van der Waals surface area contributed by atoms with Crippen LogP contribution in [0.5, 0.6) is 0 Å². The molecule has 78 valence electrons. The van der Waals surface area contributed by atoms with Gasteiger partial charge < -0.3 is 5.73 Å². The molecule has 0 aromatic carbocycles. The number of nitrogens with zero attached hydrogens (tertiary/aromatic N) is 3. The van der Waals surface area contributed by atoms with Gasteiger partial charge in [0.1, 0.15) is 10.0 Å². The van der Waals surface area contributed by atoms with E-state index in [-0.39, 0.29) is 0 Å². The van der Waals surface area contributed by atoms with Crippen molar-refractivity contribution in [3.8, 4) is 0 Å². The summed E-state index contributed by atoms with van der Waals surface area (Å²) >= 11 is 3.00. The summed E-state index contributed by atoms with van der Waals surface area (Å²) in [5.74, 6) is 0. The Kier molecular flexibility index (Phi) is 2.88. The van der Waals surface area contributed by atoms with Crippen molar-refractivity contribution in [1.82, 2.24) is 15.2 Å². The highest BCUT2D eigenvalue weighted by molar-refractivity contribution is 8.01. The van der Waals surface area contributed by atoms with E-state index in [1.165, 1.54) is 11.8 Å². The number of aromatic nitrogens is 3. The SMILES string of the molecule is Cc1nnc(Sc2nccc(C)c2N)s1. The molecule has 0 saturated carbocycles. The number of nitrogens with two attached hydrogens (primary N) is 1. The maximum absolute atomic E-state index is 5.91. The molecule has 0 aliphatic heterocycles. The summed E-state index contributed by atoms with van der Waals surface area (Å²) in [7, 11) is 0. The lowest BCUT2D eigenvalue weighted by Crippen LogP contribution is -1.94. The van der Waals surface area contributed by atoms with Crippen LogP contribution in [-0.2, 0) is 0 Å². The fourth-order valence-corrected chi connectivity index (χ4v) is 2.84. The van der Waals surface area contributed by atoms with E-state index in [9.17, 15) is 0 Å². The zero-order chi connectivity index (χ0) is 10.8. The van der Waals surface area contributed by atoms with E-state index < -0.39 is 0 Å². The van der Waals surface area contributed by atoms with Gasteiger partial charge in [-0.25, -0.2) is 4.98 Å². The van der Waals surface area contributed by atoms with Crippen molar-refractivity contribution >= 4 is 28.8 Å². The zero-order valence-corrected chi connectivity index (χ0v) is 10.0. The molecule has 0 fully saturated rings. The van der Waals surface area contributed by atoms with Crippen molar-refractivity contribution in [1.29, 1.82) is 0 Å².